The van der Waals surface area contributed by atoms with Crippen molar-refractivity contribution in [2.24, 2.45) is 0 Å². The van der Waals surface area contributed by atoms with Crippen LogP contribution < -0.4 is 5.32 Å². The third-order valence-corrected chi connectivity index (χ3v) is 3.18. The van der Waals surface area contributed by atoms with Crippen molar-refractivity contribution in [1.82, 2.24) is 5.32 Å². The van der Waals surface area contributed by atoms with Gasteiger partial charge < -0.3 is 5.32 Å². The minimum absolute atomic E-state index is 0.00389. The molecule has 9 heteroatoms. The normalized spacial score (nSPS) is 11.0. The largest absolute Gasteiger partial charge is 0.416 e. The maximum Gasteiger partial charge on any atom is 0.416 e. The molecule has 3 nitrogen and oxygen atoms in total. The van der Waals surface area contributed by atoms with Crippen molar-refractivity contribution >= 4 is 6.41 Å². The van der Waals surface area contributed by atoms with Crippen LogP contribution in [-0.4, -0.2) is 6.41 Å². The van der Waals surface area contributed by atoms with E-state index in [9.17, 15) is 31.1 Å². The van der Waals surface area contributed by atoms with Gasteiger partial charge in [-0.15, -0.1) is 0 Å². The summed E-state index contributed by atoms with van der Waals surface area (Å²) in [5.74, 6) is 0. The van der Waals surface area contributed by atoms with Crippen LogP contribution in [0.15, 0.2) is 48.5 Å². The Kier molecular flexibility index (Phi) is 7.84. The van der Waals surface area contributed by atoms with Crippen LogP contribution >= 0.6 is 0 Å². The predicted octanol–water partition coefficient (Wildman–Crippen LogP) is 4.72. The number of rotatable bonds is 4. The van der Waals surface area contributed by atoms with Gasteiger partial charge >= 0.3 is 12.4 Å². The number of carbonyl (C=O) groups excluding carboxylic acids is 1. The van der Waals surface area contributed by atoms with Crippen molar-refractivity contribution in [3.05, 3.63) is 70.8 Å². The zero-order valence-corrected chi connectivity index (χ0v) is 13.7. The number of nitrogens with zero attached hydrogens (tertiary/aromatic N) is 1. The van der Waals surface area contributed by atoms with Crippen molar-refractivity contribution in [1.29, 1.82) is 5.26 Å². The van der Waals surface area contributed by atoms with Crippen LogP contribution in [0, 0.1) is 11.3 Å². The Morgan fingerprint density at radius 1 is 0.889 bits per heavy atom. The van der Waals surface area contributed by atoms with Gasteiger partial charge in [0.2, 0.25) is 6.41 Å². The molecule has 0 radical (unpaired) electrons. The number of hydrogen-bond acceptors (Lipinski definition) is 2. The van der Waals surface area contributed by atoms with E-state index in [-0.39, 0.29) is 13.0 Å². The molecule has 0 fully saturated rings. The SMILES string of the molecule is N#CCc1cccc(C(F)(F)F)c1.O=CNCc1cccc(C(F)(F)F)c1. The molecule has 0 atom stereocenters. The highest BCUT2D eigenvalue weighted by molar-refractivity contribution is 5.46. The first-order valence-electron chi connectivity index (χ1n) is 7.44. The number of halogens is 6. The van der Waals surface area contributed by atoms with E-state index in [0.29, 0.717) is 17.5 Å². The number of nitriles is 1. The Morgan fingerprint density at radius 3 is 1.81 bits per heavy atom. The standard InChI is InChI=1S/C9H8F3NO.C9H6F3N/c10-9(11,12)8-3-1-2-7(4-8)5-13-6-14;10-9(11,12)8-3-1-2-7(6-8)4-5-13/h1-4,6H,5H2,(H,13,14);1-3,6H,4H2. The molecule has 2 aromatic carbocycles. The van der Waals surface area contributed by atoms with E-state index in [4.69, 9.17) is 5.26 Å². The first-order chi connectivity index (χ1) is 12.6. The van der Waals surface area contributed by atoms with Gasteiger partial charge in [0, 0.05) is 6.54 Å². The van der Waals surface area contributed by atoms with Gasteiger partial charge in [-0.3, -0.25) is 4.79 Å². The summed E-state index contributed by atoms with van der Waals surface area (Å²) in [6.07, 6.45) is -8.22. The summed E-state index contributed by atoms with van der Waals surface area (Å²) in [5, 5.41) is 10.6. The molecular weight excluding hydrogens is 374 g/mol. The van der Waals surface area contributed by atoms with Crippen molar-refractivity contribution in [2.75, 3.05) is 0 Å². The van der Waals surface area contributed by atoms with Crippen LogP contribution in [-0.2, 0) is 30.1 Å². The van der Waals surface area contributed by atoms with Gasteiger partial charge in [-0.1, -0.05) is 30.3 Å². The molecule has 0 spiro atoms. The summed E-state index contributed by atoms with van der Waals surface area (Å²) in [5.41, 5.74) is -0.604. The number of hydrogen-bond donors (Lipinski definition) is 1. The van der Waals surface area contributed by atoms with Crippen molar-refractivity contribution in [2.45, 2.75) is 25.3 Å². The van der Waals surface area contributed by atoms with Gasteiger partial charge in [0.25, 0.3) is 0 Å². The lowest BCUT2D eigenvalue weighted by molar-refractivity contribution is -0.138. The van der Waals surface area contributed by atoms with Crippen LogP contribution in [0.5, 0.6) is 0 Å². The molecule has 1 N–H and O–H groups in total. The van der Waals surface area contributed by atoms with Gasteiger partial charge in [-0.05, 0) is 29.3 Å². The van der Waals surface area contributed by atoms with E-state index in [1.165, 1.54) is 24.3 Å². The molecule has 0 bridgehead atoms. The van der Waals surface area contributed by atoms with Crippen molar-refractivity contribution in [3.63, 3.8) is 0 Å². The van der Waals surface area contributed by atoms with E-state index in [2.05, 4.69) is 5.32 Å². The second-order valence-corrected chi connectivity index (χ2v) is 5.23. The maximum absolute atomic E-state index is 12.2. The maximum atomic E-state index is 12.2. The molecule has 0 aliphatic heterocycles. The quantitative estimate of drug-likeness (QED) is 0.609. The molecule has 2 rings (SSSR count). The first-order valence-corrected chi connectivity index (χ1v) is 7.44. The summed E-state index contributed by atoms with van der Waals surface area (Å²) in [6, 6.07) is 11.4. The first kappa shape index (κ1) is 22.0. The third kappa shape index (κ3) is 7.81. The minimum atomic E-state index is -4.34. The van der Waals surface area contributed by atoms with E-state index < -0.39 is 23.5 Å². The average molecular weight is 388 g/mol. The number of nitrogens with one attached hydrogen (secondary N) is 1. The van der Waals surface area contributed by atoms with Crippen LogP contribution in [0.4, 0.5) is 26.3 Å². The summed E-state index contributed by atoms with van der Waals surface area (Å²) >= 11 is 0. The Balaban J connectivity index is 0.000000271. The molecule has 0 aliphatic rings. The Hall–Kier alpha value is -3.02. The topological polar surface area (TPSA) is 52.9 Å². The fourth-order valence-electron chi connectivity index (χ4n) is 1.97. The Bertz CT molecular complexity index is 793. The average Bonchev–Trinajstić information content (AvgIpc) is 2.60. The number of benzene rings is 2. The van der Waals surface area contributed by atoms with Crippen LogP contribution in [0.25, 0.3) is 0 Å². The van der Waals surface area contributed by atoms with Gasteiger partial charge in [0.1, 0.15) is 0 Å². The summed E-state index contributed by atoms with van der Waals surface area (Å²) < 4.78 is 73.0. The number of alkyl halides is 6. The summed E-state index contributed by atoms with van der Waals surface area (Å²) in [7, 11) is 0. The van der Waals surface area contributed by atoms with Crippen molar-refractivity contribution < 1.29 is 31.1 Å². The van der Waals surface area contributed by atoms with Gasteiger partial charge in [0.15, 0.2) is 0 Å². The zero-order valence-electron chi connectivity index (χ0n) is 13.7. The van der Waals surface area contributed by atoms with E-state index in [0.717, 1.165) is 24.3 Å². The van der Waals surface area contributed by atoms with Crippen LogP contribution in [0.2, 0.25) is 0 Å². The lowest BCUT2D eigenvalue weighted by atomic mass is 10.1. The molecule has 144 valence electrons. The molecule has 0 saturated carbocycles. The molecule has 0 aliphatic carbocycles. The molecule has 0 aromatic heterocycles. The summed E-state index contributed by atoms with van der Waals surface area (Å²) in [6.45, 7) is 0.105. The number of amides is 1. The van der Waals surface area contributed by atoms with Crippen LogP contribution in [0.1, 0.15) is 22.3 Å². The molecule has 27 heavy (non-hydrogen) atoms. The van der Waals surface area contributed by atoms with E-state index in [1.54, 1.807) is 6.07 Å². The third-order valence-electron chi connectivity index (χ3n) is 3.18. The highest BCUT2D eigenvalue weighted by atomic mass is 19.4. The molecule has 0 heterocycles. The highest BCUT2D eigenvalue weighted by Crippen LogP contribution is 2.30. The lowest BCUT2D eigenvalue weighted by Gasteiger charge is -2.07. The lowest BCUT2D eigenvalue weighted by Crippen LogP contribution is -2.11. The second-order valence-electron chi connectivity index (χ2n) is 5.23. The number of carbonyl (C=O) groups is 1. The monoisotopic (exact) mass is 388 g/mol. The second kappa shape index (κ2) is 9.62. The molecule has 0 unspecified atom stereocenters. The fourth-order valence-corrected chi connectivity index (χ4v) is 1.97. The Labute approximate surface area is 151 Å². The molecule has 2 aromatic rings. The highest BCUT2D eigenvalue weighted by Gasteiger charge is 2.30. The minimum Gasteiger partial charge on any atom is -0.355 e. The zero-order chi connectivity index (χ0) is 20.5. The molecule has 0 saturated heterocycles. The van der Waals surface area contributed by atoms with Gasteiger partial charge in [0.05, 0.1) is 23.6 Å². The van der Waals surface area contributed by atoms with Gasteiger partial charge in [-0.2, -0.15) is 31.6 Å². The van der Waals surface area contributed by atoms with Gasteiger partial charge in [-0.25, -0.2) is 0 Å². The predicted molar refractivity (Wildman–Crippen MR) is 85.1 cm³/mol. The summed E-state index contributed by atoms with van der Waals surface area (Å²) in [4.78, 5) is 9.93. The van der Waals surface area contributed by atoms with E-state index in [1.807, 2.05) is 0 Å². The van der Waals surface area contributed by atoms with Crippen molar-refractivity contribution in [3.8, 4) is 6.07 Å². The van der Waals surface area contributed by atoms with Crippen LogP contribution in [0.3, 0.4) is 0 Å². The van der Waals surface area contributed by atoms with E-state index >= 15 is 0 Å². The smallest absolute Gasteiger partial charge is 0.355 e. The Morgan fingerprint density at radius 2 is 1.37 bits per heavy atom. The fraction of sp³-hybridized carbons (Fsp3) is 0.222. The molecule has 1 amide bonds. The molecular formula is C18H14F6N2O.